The average molecular weight is 118 g/mol. The number of fused-ring (bicyclic) bond motifs is 1. The molecule has 0 aliphatic heterocycles. The first-order valence-corrected chi connectivity index (χ1v) is 2.67. The van der Waals surface area contributed by atoms with Gasteiger partial charge in [-0.05, 0) is 18.2 Å². The SMILES string of the molecule is [c]1ccc2ccoc2n1. The second kappa shape index (κ2) is 1.58. The van der Waals surface area contributed by atoms with Crippen LogP contribution in [0.2, 0.25) is 0 Å². The normalized spacial score (nSPS) is 10.2. The van der Waals surface area contributed by atoms with E-state index < -0.39 is 0 Å². The van der Waals surface area contributed by atoms with Gasteiger partial charge in [-0.1, -0.05) is 0 Å². The van der Waals surface area contributed by atoms with Gasteiger partial charge in [0.05, 0.1) is 12.5 Å². The Morgan fingerprint density at radius 3 is 3.33 bits per heavy atom. The first-order chi connectivity index (χ1) is 4.47. The van der Waals surface area contributed by atoms with Gasteiger partial charge in [-0.3, -0.25) is 0 Å². The summed E-state index contributed by atoms with van der Waals surface area (Å²) in [5.74, 6) is 0. The van der Waals surface area contributed by atoms with Crippen LogP contribution in [0.4, 0.5) is 0 Å². The predicted molar refractivity (Wildman–Crippen MR) is 32.8 cm³/mol. The van der Waals surface area contributed by atoms with Crippen molar-refractivity contribution in [3.63, 3.8) is 0 Å². The molecule has 0 saturated heterocycles. The van der Waals surface area contributed by atoms with E-state index in [1.807, 2.05) is 12.1 Å². The standard InChI is InChI=1S/C7H4NO/c1-2-6-3-5-9-7(6)8-4-1/h1-3,5H. The van der Waals surface area contributed by atoms with Crippen molar-refractivity contribution in [3.05, 3.63) is 30.7 Å². The largest absolute Gasteiger partial charge is 0.446 e. The maximum atomic E-state index is 4.98. The van der Waals surface area contributed by atoms with Gasteiger partial charge in [0.1, 0.15) is 0 Å². The molecular formula is C7H4NO. The van der Waals surface area contributed by atoms with Crippen LogP contribution in [0.3, 0.4) is 0 Å². The number of hydrogen-bond acceptors (Lipinski definition) is 2. The Hall–Kier alpha value is -1.31. The highest BCUT2D eigenvalue weighted by atomic mass is 16.3. The van der Waals surface area contributed by atoms with Crippen LogP contribution in [0.15, 0.2) is 28.9 Å². The molecule has 0 N–H and O–H groups in total. The van der Waals surface area contributed by atoms with Crippen molar-refractivity contribution in [1.29, 1.82) is 0 Å². The fraction of sp³-hybridized carbons (Fsp3) is 0. The molecule has 0 spiro atoms. The Bertz CT molecular complexity index is 283. The van der Waals surface area contributed by atoms with Crippen LogP contribution in [0, 0.1) is 6.20 Å². The third-order valence-electron chi connectivity index (χ3n) is 1.18. The van der Waals surface area contributed by atoms with Gasteiger partial charge in [0.15, 0.2) is 0 Å². The predicted octanol–water partition coefficient (Wildman–Crippen LogP) is 1.63. The second-order valence-corrected chi connectivity index (χ2v) is 1.76. The summed E-state index contributed by atoms with van der Waals surface area (Å²) in [7, 11) is 0. The van der Waals surface area contributed by atoms with Crippen LogP contribution in [0.5, 0.6) is 0 Å². The number of nitrogens with zero attached hydrogens (tertiary/aromatic N) is 1. The first kappa shape index (κ1) is 4.56. The molecule has 43 valence electrons. The van der Waals surface area contributed by atoms with Crippen molar-refractivity contribution in [2.24, 2.45) is 0 Å². The molecule has 2 rings (SSSR count). The zero-order valence-corrected chi connectivity index (χ0v) is 4.66. The zero-order chi connectivity index (χ0) is 6.10. The summed E-state index contributed by atoms with van der Waals surface area (Å²) in [5, 5.41) is 1.02. The summed E-state index contributed by atoms with van der Waals surface area (Å²) in [4.78, 5) is 3.85. The van der Waals surface area contributed by atoms with E-state index in [1.165, 1.54) is 0 Å². The molecular weight excluding hydrogens is 114 g/mol. The Morgan fingerprint density at radius 2 is 2.44 bits per heavy atom. The van der Waals surface area contributed by atoms with E-state index in [9.17, 15) is 0 Å². The van der Waals surface area contributed by atoms with Gasteiger partial charge in [-0.2, -0.15) is 0 Å². The average Bonchev–Trinajstić information content (AvgIpc) is 2.33. The van der Waals surface area contributed by atoms with Crippen LogP contribution >= 0.6 is 0 Å². The van der Waals surface area contributed by atoms with Crippen molar-refractivity contribution < 1.29 is 4.42 Å². The number of rotatable bonds is 0. The molecule has 2 aromatic heterocycles. The number of hydrogen-bond donors (Lipinski definition) is 0. The van der Waals surface area contributed by atoms with E-state index >= 15 is 0 Å². The topological polar surface area (TPSA) is 26.0 Å². The highest BCUT2D eigenvalue weighted by Gasteiger charge is 1.91. The Balaban J connectivity index is 2.95. The summed E-state index contributed by atoms with van der Waals surface area (Å²) in [5.41, 5.74) is 0.650. The third-order valence-corrected chi connectivity index (χ3v) is 1.18. The quantitative estimate of drug-likeness (QED) is 0.525. The smallest absolute Gasteiger partial charge is 0.226 e. The van der Waals surface area contributed by atoms with Crippen molar-refractivity contribution in [1.82, 2.24) is 4.98 Å². The lowest BCUT2D eigenvalue weighted by Gasteiger charge is -1.79. The van der Waals surface area contributed by atoms with Gasteiger partial charge in [0.2, 0.25) is 5.71 Å². The van der Waals surface area contributed by atoms with E-state index in [1.54, 1.807) is 12.3 Å². The number of pyridine rings is 1. The Kier molecular flexibility index (Phi) is 0.803. The highest BCUT2D eigenvalue weighted by molar-refractivity contribution is 5.72. The van der Waals surface area contributed by atoms with E-state index in [4.69, 9.17) is 4.42 Å². The van der Waals surface area contributed by atoms with E-state index in [0.29, 0.717) is 5.71 Å². The molecule has 9 heavy (non-hydrogen) atoms. The minimum absolute atomic E-state index is 0.650. The molecule has 1 radical (unpaired) electrons. The van der Waals surface area contributed by atoms with Crippen molar-refractivity contribution >= 4 is 11.1 Å². The van der Waals surface area contributed by atoms with Crippen molar-refractivity contribution in [2.75, 3.05) is 0 Å². The molecule has 0 aromatic carbocycles. The molecule has 0 saturated carbocycles. The summed E-state index contributed by atoms with van der Waals surface area (Å²) in [6, 6.07) is 5.54. The number of aromatic nitrogens is 1. The Morgan fingerprint density at radius 1 is 1.44 bits per heavy atom. The molecule has 0 unspecified atom stereocenters. The van der Waals surface area contributed by atoms with Gasteiger partial charge >= 0.3 is 0 Å². The fourth-order valence-electron chi connectivity index (χ4n) is 0.752. The monoisotopic (exact) mass is 118 g/mol. The van der Waals surface area contributed by atoms with E-state index in [0.717, 1.165) is 5.39 Å². The highest BCUT2D eigenvalue weighted by Crippen LogP contribution is 2.09. The molecule has 2 aromatic rings. The molecule has 0 aliphatic carbocycles. The number of furan rings is 1. The molecule has 0 bridgehead atoms. The lowest BCUT2D eigenvalue weighted by Crippen LogP contribution is -1.67. The minimum atomic E-state index is 0.650. The fourth-order valence-corrected chi connectivity index (χ4v) is 0.752. The molecule has 0 fully saturated rings. The van der Waals surface area contributed by atoms with Gasteiger partial charge in [0.25, 0.3) is 0 Å². The van der Waals surface area contributed by atoms with Crippen LogP contribution in [-0.4, -0.2) is 4.98 Å². The molecule has 2 heteroatoms. The molecule has 0 aliphatic rings. The molecule has 2 heterocycles. The van der Waals surface area contributed by atoms with Crippen LogP contribution in [0.25, 0.3) is 11.1 Å². The Labute approximate surface area is 52.1 Å². The maximum absolute atomic E-state index is 4.98. The lowest BCUT2D eigenvalue weighted by atomic mass is 10.4. The van der Waals surface area contributed by atoms with E-state index in [-0.39, 0.29) is 0 Å². The van der Waals surface area contributed by atoms with Crippen molar-refractivity contribution in [2.45, 2.75) is 0 Å². The van der Waals surface area contributed by atoms with Gasteiger partial charge in [-0.15, -0.1) is 0 Å². The van der Waals surface area contributed by atoms with Crippen LogP contribution in [-0.2, 0) is 0 Å². The molecule has 0 amide bonds. The summed E-state index contributed by atoms with van der Waals surface area (Å²) in [6.45, 7) is 0. The zero-order valence-electron chi connectivity index (χ0n) is 4.66. The second-order valence-electron chi connectivity index (χ2n) is 1.76. The summed E-state index contributed by atoms with van der Waals surface area (Å²) >= 11 is 0. The van der Waals surface area contributed by atoms with Crippen LogP contribution < -0.4 is 0 Å². The third kappa shape index (κ3) is 0.598. The molecule has 0 atom stereocenters. The van der Waals surface area contributed by atoms with Crippen LogP contribution in [0.1, 0.15) is 0 Å². The van der Waals surface area contributed by atoms with Gasteiger partial charge < -0.3 is 4.42 Å². The van der Waals surface area contributed by atoms with Crippen molar-refractivity contribution in [3.8, 4) is 0 Å². The molecule has 2 nitrogen and oxygen atoms in total. The lowest BCUT2D eigenvalue weighted by molar-refractivity contribution is 0.603. The first-order valence-electron chi connectivity index (χ1n) is 2.67. The van der Waals surface area contributed by atoms with E-state index in [2.05, 4.69) is 11.2 Å². The minimum Gasteiger partial charge on any atom is -0.446 e. The van der Waals surface area contributed by atoms with Gasteiger partial charge in [0, 0.05) is 5.39 Å². The van der Waals surface area contributed by atoms with Gasteiger partial charge in [-0.25, -0.2) is 4.98 Å². The summed E-state index contributed by atoms with van der Waals surface area (Å²) < 4.78 is 4.98. The summed E-state index contributed by atoms with van der Waals surface area (Å²) in [6.07, 6.45) is 4.29. The maximum Gasteiger partial charge on any atom is 0.226 e.